The van der Waals surface area contributed by atoms with E-state index in [1.165, 1.54) is 24.5 Å². The summed E-state index contributed by atoms with van der Waals surface area (Å²) >= 11 is 5.65. The largest absolute Gasteiger partial charge is 0.478 e. The number of anilines is 1. The van der Waals surface area contributed by atoms with E-state index >= 15 is 0 Å². The summed E-state index contributed by atoms with van der Waals surface area (Å²) in [6.45, 7) is -0.109. The number of hydrogen-bond acceptors (Lipinski definition) is 5. The zero-order valence-corrected chi connectivity index (χ0v) is 12.1. The van der Waals surface area contributed by atoms with Crippen LogP contribution in [0.3, 0.4) is 0 Å². The number of nitrogens with two attached hydrogens (primary N) is 1. The Hall–Kier alpha value is -2.03. The molecule has 0 saturated carbocycles. The fourth-order valence-corrected chi connectivity index (χ4v) is 2.77. The summed E-state index contributed by atoms with van der Waals surface area (Å²) in [5, 5.41) is 9.29. The Bertz CT molecular complexity index is 785. The van der Waals surface area contributed by atoms with E-state index in [1.807, 2.05) is 0 Å². The molecule has 0 fully saturated rings. The first kappa shape index (κ1) is 15.4. The highest BCUT2D eigenvalue weighted by Crippen LogP contribution is 2.19. The van der Waals surface area contributed by atoms with Gasteiger partial charge in [0.05, 0.1) is 22.0 Å². The lowest BCUT2D eigenvalue weighted by Gasteiger charge is -2.07. The molecule has 1 aromatic heterocycles. The van der Waals surface area contributed by atoms with Crippen LogP contribution in [0.2, 0.25) is 5.02 Å². The van der Waals surface area contributed by atoms with Crippen LogP contribution in [-0.4, -0.2) is 19.5 Å². The summed E-state index contributed by atoms with van der Waals surface area (Å²) in [7, 11) is -3.89. The van der Waals surface area contributed by atoms with Gasteiger partial charge < -0.3 is 15.3 Å². The van der Waals surface area contributed by atoms with Crippen LogP contribution in [0.4, 0.5) is 5.69 Å². The molecule has 0 radical (unpaired) electrons. The van der Waals surface area contributed by atoms with Crippen LogP contribution >= 0.6 is 11.6 Å². The van der Waals surface area contributed by atoms with Crippen molar-refractivity contribution < 1.29 is 22.7 Å². The number of benzene rings is 1. The Kier molecular flexibility index (Phi) is 4.21. The van der Waals surface area contributed by atoms with Crippen molar-refractivity contribution >= 4 is 33.3 Å². The number of aromatic carboxylic acids is 1. The number of rotatable bonds is 5. The van der Waals surface area contributed by atoms with Gasteiger partial charge in [0.1, 0.15) is 12.0 Å². The molecule has 0 aliphatic carbocycles. The number of furan rings is 1. The third kappa shape index (κ3) is 3.54. The quantitative estimate of drug-likeness (QED) is 0.717. The molecule has 0 unspecified atom stereocenters. The van der Waals surface area contributed by atoms with Crippen LogP contribution in [0.25, 0.3) is 0 Å². The predicted molar refractivity (Wildman–Crippen MR) is 75.6 cm³/mol. The smallest absolute Gasteiger partial charge is 0.337 e. The molecule has 7 nitrogen and oxygen atoms in total. The van der Waals surface area contributed by atoms with Crippen molar-refractivity contribution in [2.24, 2.45) is 0 Å². The fraction of sp³-hybridized carbons (Fsp3) is 0.0833. The van der Waals surface area contributed by atoms with Crippen molar-refractivity contribution in [3.63, 3.8) is 0 Å². The maximum Gasteiger partial charge on any atom is 0.337 e. The Morgan fingerprint density at radius 3 is 2.67 bits per heavy atom. The molecule has 0 amide bonds. The summed E-state index contributed by atoms with van der Waals surface area (Å²) in [5.41, 5.74) is 5.18. The molecule has 2 rings (SSSR count). The van der Waals surface area contributed by atoms with Gasteiger partial charge in [0, 0.05) is 5.69 Å². The van der Waals surface area contributed by atoms with Gasteiger partial charge in [0.2, 0.25) is 10.0 Å². The van der Waals surface area contributed by atoms with Gasteiger partial charge in [-0.3, -0.25) is 0 Å². The van der Waals surface area contributed by atoms with Crippen LogP contribution in [0, 0.1) is 0 Å². The molecule has 1 heterocycles. The van der Waals surface area contributed by atoms with Crippen molar-refractivity contribution in [2.45, 2.75) is 11.4 Å². The maximum atomic E-state index is 12.1. The SMILES string of the molecule is Nc1ccc(S(=O)(=O)NCc2cc(Cl)co2)cc1C(=O)O. The van der Waals surface area contributed by atoms with Crippen molar-refractivity contribution in [2.75, 3.05) is 5.73 Å². The van der Waals surface area contributed by atoms with Gasteiger partial charge in [-0.1, -0.05) is 11.6 Å². The summed E-state index contributed by atoms with van der Waals surface area (Å²) in [5.74, 6) is -0.972. The Balaban J connectivity index is 2.23. The molecule has 0 atom stereocenters. The lowest BCUT2D eigenvalue weighted by Crippen LogP contribution is -2.23. The van der Waals surface area contributed by atoms with Gasteiger partial charge in [-0.15, -0.1) is 0 Å². The summed E-state index contributed by atoms with van der Waals surface area (Å²) in [4.78, 5) is 10.8. The van der Waals surface area contributed by atoms with Crippen LogP contribution in [0.15, 0.2) is 39.8 Å². The van der Waals surface area contributed by atoms with Crippen molar-refractivity contribution in [3.8, 4) is 0 Å². The average Bonchev–Trinajstić information content (AvgIpc) is 2.82. The van der Waals surface area contributed by atoms with Gasteiger partial charge in [0.25, 0.3) is 0 Å². The van der Waals surface area contributed by atoms with E-state index < -0.39 is 16.0 Å². The third-order valence-electron chi connectivity index (χ3n) is 2.62. The topological polar surface area (TPSA) is 123 Å². The van der Waals surface area contributed by atoms with Crippen molar-refractivity contribution in [1.82, 2.24) is 4.72 Å². The van der Waals surface area contributed by atoms with E-state index in [1.54, 1.807) is 0 Å². The van der Waals surface area contributed by atoms with E-state index in [0.717, 1.165) is 6.07 Å². The second-order valence-corrected chi connectivity index (χ2v) is 6.31. The molecule has 1 aromatic carbocycles. The molecule has 0 aliphatic heterocycles. The molecule has 0 saturated heterocycles. The summed E-state index contributed by atoms with van der Waals surface area (Å²) in [6, 6.07) is 4.91. The minimum atomic E-state index is -3.89. The van der Waals surface area contributed by atoms with Gasteiger partial charge in [0.15, 0.2) is 0 Å². The highest BCUT2D eigenvalue weighted by atomic mass is 35.5. The van der Waals surface area contributed by atoms with E-state index in [9.17, 15) is 13.2 Å². The van der Waals surface area contributed by atoms with Gasteiger partial charge in [-0.25, -0.2) is 17.9 Å². The molecule has 112 valence electrons. The summed E-state index contributed by atoms with van der Waals surface area (Å²) < 4.78 is 31.4. The zero-order chi connectivity index (χ0) is 15.6. The second-order valence-electron chi connectivity index (χ2n) is 4.11. The minimum absolute atomic E-state index is 0.0146. The van der Waals surface area contributed by atoms with Gasteiger partial charge in [-0.05, 0) is 24.3 Å². The molecule has 21 heavy (non-hydrogen) atoms. The average molecular weight is 331 g/mol. The second kappa shape index (κ2) is 5.76. The van der Waals surface area contributed by atoms with Crippen molar-refractivity contribution in [1.29, 1.82) is 0 Å². The number of carbonyl (C=O) groups is 1. The number of sulfonamides is 1. The molecule has 4 N–H and O–H groups in total. The van der Waals surface area contributed by atoms with Crippen LogP contribution in [0.1, 0.15) is 16.1 Å². The lowest BCUT2D eigenvalue weighted by atomic mass is 10.2. The van der Waals surface area contributed by atoms with Crippen LogP contribution in [0.5, 0.6) is 0 Å². The standard InChI is InChI=1S/C12H11ClN2O5S/c13-7-3-8(20-6-7)5-15-21(18,19)9-1-2-11(14)10(4-9)12(16)17/h1-4,6,15H,5,14H2,(H,16,17). The first-order chi connectivity index (χ1) is 9.79. The fourth-order valence-electron chi connectivity index (χ4n) is 1.58. The molecule has 0 bridgehead atoms. The van der Waals surface area contributed by atoms with Gasteiger partial charge in [-0.2, -0.15) is 0 Å². The molecule has 0 spiro atoms. The number of nitrogen functional groups attached to an aromatic ring is 1. The van der Waals surface area contributed by atoms with Crippen molar-refractivity contribution in [3.05, 3.63) is 46.9 Å². The maximum absolute atomic E-state index is 12.1. The number of carboxylic acids is 1. The zero-order valence-electron chi connectivity index (χ0n) is 10.5. The first-order valence-corrected chi connectivity index (χ1v) is 7.51. The molecule has 9 heteroatoms. The molecular formula is C12H11ClN2O5S. The minimum Gasteiger partial charge on any atom is -0.478 e. The van der Waals surface area contributed by atoms with Crippen LogP contribution in [-0.2, 0) is 16.6 Å². The first-order valence-electron chi connectivity index (χ1n) is 5.65. The molecule has 2 aromatic rings. The lowest BCUT2D eigenvalue weighted by molar-refractivity contribution is 0.0698. The number of halogens is 1. The highest BCUT2D eigenvalue weighted by molar-refractivity contribution is 7.89. The van der Waals surface area contributed by atoms with E-state index in [0.29, 0.717) is 10.8 Å². The Morgan fingerprint density at radius 2 is 2.10 bits per heavy atom. The van der Waals surface area contributed by atoms with Gasteiger partial charge >= 0.3 is 5.97 Å². The normalized spacial score (nSPS) is 11.5. The monoisotopic (exact) mass is 330 g/mol. The number of nitrogens with one attached hydrogen (secondary N) is 1. The van der Waals surface area contributed by atoms with E-state index in [-0.39, 0.29) is 22.7 Å². The Labute approximate surface area is 125 Å². The summed E-state index contributed by atoms with van der Waals surface area (Å²) in [6.07, 6.45) is 1.27. The van der Waals surface area contributed by atoms with E-state index in [4.69, 9.17) is 26.9 Å². The molecule has 0 aliphatic rings. The van der Waals surface area contributed by atoms with Crippen LogP contribution < -0.4 is 10.5 Å². The molecular weight excluding hydrogens is 320 g/mol. The Morgan fingerprint density at radius 1 is 1.38 bits per heavy atom. The number of hydrogen-bond donors (Lipinski definition) is 3. The highest BCUT2D eigenvalue weighted by Gasteiger charge is 2.18. The third-order valence-corrected chi connectivity index (χ3v) is 4.22. The predicted octanol–water partition coefficient (Wildman–Crippen LogP) is 1.69. The van der Waals surface area contributed by atoms with E-state index in [2.05, 4.69) is 4.72 Å². The number of carboxylic acid groups (broad SMARTS) is 1.